The van der Waals surface area contributed by atoms with E-state index in [0.717, 1.165) is 0 Å². The van der Waals surface area contributed by atoms with Crippen molar-refractivity contribution in [3.63, 3.8) is 0 Å². The Kier molecular flexibility index (Phi) is 14.4. The molecule has 5 heteroatoms. The van der Waals surface area contributed by atoms with Crippen molar-refractivity contribution >= 4 is 16.9 Å². The molecule has 10 heavy (non-hydrogen) atoms. The minimum Gasteiger partial charge on any atom is -1.00 e. The Morgan fingerprint density at radius 1 is 1.40 bits per heavy atom. The van der Waals surface area contributed by atoms with E-state index in [4.69, 9.17) is 11.6 Å². The SMILES string of the molecule is ClC1=NC=CC=CN1.[H-].[H-].[K+].[K+]. The van der Waals surface area contributed by atoms with Crippen LogP contribution in [0.3, 0.4) is 0 Å². The van der Waals surface area contributed by atoms with E-state index in [1.807, 2.05) is 6.08 Å². The van der Waals surface area contributed by atoms with Gasteiger partial charge in [0.15, 0.2) is 5.29 Å². The van der Waals surface area contributed by atoms with Gasteiger partial charge in [0, 0.05) is 12.4 Å². The van der Waals surface area contributed by atoms with Crippen molar-refractivity contribution in [2.45, 2.75) is 0 Å². The molecule has 1 aliphatic rings. The summed E-state index contributed by atoms with van der Waals surface area (Å²) in [6.07, 6.45) is 6.95. The van der Waals surface area contributed by atoms with Crippen LogP contribution in [0.25, 0.3) is 0 Å². The number of allylic oxidation sites excluding steroid dienone is 2. The average molecular weight is 209 g/mol. The molecule has 0 fully saturated rings. The summed E-state index contributed by atoms with van der Waals surface area (Å²) < 4.78 is 0. The third kappa shape index (κ3) is 7.18. The molecule has 0 spiro atoms. The molecular weight excluding hydrogens is 202 g/mol. The fraction of sp³-hybridized carbons (Fsp3) is 0. The van der Waals surface area contributed by atoms with Gasteiger partial charge >= 0.3 is 103 Å². The van der Waals surface area contributed by atoms with Gasteiger partial charge in [0.05, 0.1) is 0 Å². The third-order valence-corrected chi connectivity index (χ3v) is 0.890. The Bertz CT molecular complexity index is 173. The summed E-state index contributed by atoms with van der Waals surface area (Å²) in [6, 6.07) is 0. The molecule has 1 N–H and O–H groups in total. The van der Waals surface area contributed by atoms with Gasteiger partial charge in [-0.1, -0.05) is 0 Å². The number of halogens is 1. The normalized spacial score (nSPS) is 13.5. The first-order valence-electron chi connectivity index (χ1n) is 2.21. The van der Waals surface area contributed by atoms with Crippen LogP contribution in [0.4, 0.5) is 0 Å². The van der Waals surface area contributed by atoms with Crippen molar-refractivity contribution in [1.82, 2.24) is 5.32 Å². The van der Waals surface area contributed by atoms with Gasteiger partial charge in [-0.05, 0) is 23.8 Å². The molecular formula is C5H7ClK2N2. The number of aliphatic imine (C=N–C) groups is 1. The largest absolute Gasteiger partial charge is 1.00 e. The second-order valence-corrected chi connectivity index (χ2v) is 1.62. The second kappa shape index (κ2) is 9.60. The van der Waals surface area contributed by atoms with Gasteiger partial charge in [0.1, 0.15) is 0 Å². The zero-order chi connectivity index (χ0) is 5.82. The van der Waals surface area contributed by atoms with Gasteiger partial charge in [-0.2, -0.15) is 0 Å². The Morgan fingerprint density at radius 3 is 2.80 bits per heavy atom. The molecule has 0 unspecified atom stereocenters. The van der Waals surface area contributed by atoms with Crippen molar-refractivity contribution in [2.75, 3.05) is 0 Å². The van der Waals surface area contributed by atoms with Crippen LogP contribution in [0, 0.1) is 0 Å². The molecule has 0 radical (unpaired) electrons. The Morgan fingerprint density at radius 2 is 2.10 bits per heavy atom. The summed E-state index contributed by atoms with van der Waals surface area (Å²) in [4.78, 5) is 3.75. The fourth-order valence-corrected chi connectivity index (χ4v) is 0.487. The molecule has 0 saturated heterocycles. The van der Waals surface area contributed by atoms with Crippen LogP contribution in [0.15, 0.2) is 29.5 Å². The number of nitrogens with zero attached hydrogens (tertiary/aromatic N) is 1. The topological polar surface area (TPSA) is 24.4 Å². The summed E-state index contributed by atoms with van der Waals surface area (Å²) in [5.41, 5.74) is 0. The molecule has 0 atom stereocenters. The summed E-state index contributed by atoms with van der Waals surface area (Å²) >= 11 is 5.46. The Hall–Kier alpha value is 2.51. The monoisotopic (exact) mass is 208 g/mol. The maximum atomic E-state index is 5.46. The molecule has 0 saturated carbocycles. The van der Waals surface area contributed by atoms with Crippen LogP contribution in [0.5, 0.6) is 0 Å². The average Bonchev–Trinajstić information content (AvgIpc) is 1.94. The van der Waals surface area contributed by atoms with Crippen LogP contribution in [0.1, 0.15) is 2.85 Å². The summed E-state index contributed by atoms with van der Waals surface area (Å²) in [7, 11) is 0. The zero-order valence-electron chi connectivity index (χ0n) is 8.13. The smallest absolute Gasteiger partial charge is 1.00 e. The number of hydrogen-bond acceptors (Lipinski definition) is 2. The van der Waals surface area contributed by atoms with Crippen LogP contribution in [0.2, 0.25) is 0 Å². The van der Waals surface area contributed by atoms with Crippen molar-refractivity contribution in [3.8, 4) is 0 Å². The van der Waals surface area contributed by atoms with Crippen molar-refractivity contribution in [1.29, 1.82) is 0 Å². The van der Waals surface area contributed by atoms with E-state index in [1.165, 1.54) is 0 Å². The van der Waals surface area contributed by atoms with E-state index < -0.39 is 0 Å². The predicted molar refractivity (Wildman–Crippen MR) is 36.9 cm³/mol. The molecule has 46 valence electrons. The quantitative estimate of drug-likeness (QED) is 0.315. The van der Waals surface area contributed by atoms with Gasteiger partial charge < -0.3 is 8.17 Å². The van der Waals surface area contributed by atoms with Gasteiger partial charge in [0.2, 0.25) is 0 Å². The molecule has 0 bridgehead atoms. The van der Waals surface area contributed by atoms with Crippen molar-refractivity contribution in [2.24, 2.45) is 4.99 Å². The summed E-state index contributed by atoms with van der Waals surface area (Å²) in [5, 5.41) is 3.11. The van der Waals surface area contributed by atoms with Crippen LogP contribution in [-0.4, -0.2) is 5.29 Å². The van der Waals surface area contributed by atoms with E-state index in [0.29, 0.717) is 5.29 Å². The first-order valence-corrected chi connectivity index (χ1v) is 2.59. The predicted octanol–water partition coefficient (Wildman–Crippen LogP) is -4.56. The third-order valence-electron chi connectivity index (χ3n) is 0.684. The first-order chi connectivity index (χ1) is 3.89. The van der Waals surface area contributed by atoms with E-state index in [9.17, 15) is 0 Å². The zero-order valence-corrected chi connectivity index (χ0v) is 13.1. The molecule has 0 amide bonds. The van der Waals surface area contributed by atoms with E-state index in [-0.39, 0.29) is 106 Å². The van der Waals surface area contributed by atoms with Crippen LogP contribution < -0.4 is 108 Å². The number of nitrogens with one attached hydrogen (secondary N) is 1. The fourth-order valence-electron chi connectivity index (χ4n) is 0.368. The van der Waals surface area contributed by atoms with Gasteiger partial charge in [0.25, 0.3) is 0 Å². The van der Waals surface area contributed by atoms with E-state index in [1.54, 1.807) is 18.5 Å². The van der Waals surface area contributed by atoms with Gasteiger partial charge in [-0.25, -0.2) is 4.99 Å². The molecule has 0 aromatic carbocycles. The van der Waals surface area contributed by atoms with Gasteiger partial charge in [-0.3, -0.25) is 0 Å². The summed E-state index contributed by atoms with van der Waals surface area (Å²) in [6.45, 7) is 0. The molecule has 2 nitrogen and oxygen atoms in total. The molecule has 1 rings (SSSR count). The number of rotatable bonds is 0. The van der Waals surface area contributed by atoms with Crippen molar-refractivity contribution < 1.29 is 106 Å². The van der Waals surface area contributed by atoms with Crippen LogP contribution in [-0.2, 0) is 0 Å². The molecule has 0 aromatic rings. The molecule has 0 aliphatic carbocycles. The maximum absolute atomic E-state index is 5.46. The Balaban J connectivity index is -0.0000000800. The molecule has 1 heterocycles. The van der Waals surface area contributed by atoms with Crippen molar-refractivity contribution in [3.05, 3.63) is 24.6 Å². The minimum absolute atomic E-state index is 0. The molecule has 1 aliphatic heterocycles. The van der Waals surface area contributed by atoms with Crippen LogP contribution >= 0.6 is 11.6 Å². The van der Waals surface area contributed by atoms with Gasteiger partial charge in [-0.15, -0.1) is 0 Å². The standard InChI is InChI=1S/C5H5ClN2.2K.2H/c6-5-7-3-1-2-4-8-5;;;;/h1-4H,(H,7,8);;;;/q;2*+1;2*-1. The molecule has 0 aromatic heterocycles. The second-order valence-electron chi connectivity index (χ2n) is 1.26. The van der Waals surface area contributed by atoms with E-state index in [2.05, 4.69) is 10.3 Å². The minimum atomic E-state index is 0. The summed E-state index contributed by atoms with van der Waals surface area (Å²) in [5.74, 6) is 0. The number of hydrogen-bond donors (Lipinski definition) is 1. The maximum Gasteiger partial charge on any atom is 1.00 e. The van der Waals surface area contributed by atoms with E-state index >= 15 is 0 Å². The number of amidine groups is 1. The first kappa shape index (κ1) is 15.0. The Labute approximate surface area is 153 Å².